The molecule has 76 valence electrons. The van der Waals surface area contributed by atoms with Gasteiger partial charge in [0.15, 0.2) is 0 Å². The van der Waals surface area contributed by atoms with Crippen LogP contribution in [0.3, 0.4) is 0 Å². The molecular weight excluding hydrogens is 170 g/mol. The molecule has 13 heavy (non-hydrogen) atoms. The number of aliphatic imine (C=N–C) groups is 1. The molecule has 0 aromatic carbocycles. The van der Waals surface area contributed by atoms with E-state index < -0.39 is 0 Å². The molecule has 0 aliphatic carbocycles. The van der Waals surface area contributed by atoms with Crippen LogP contribution in [0.1, 0.15) is 6.92 Å². The molecule has 0 unspecified atom stereocenters. The van der Waals surface area contributed by atoms with E-state index >= 15 is 0 Å². The average Bonchev–Trinajstić information content (AvgIpc) is 2.19. The summed E-state index contributed by atoms with van der Waals surface area (Å²) in [5, 5.41) is 8.46. The van der Waals surface area contributed by atoms with Crippen LogP contribution < -0.4 is 5.48 Å². The Labute approximate surface area is 78.4 Å². The summed E-state index contributed by atoms with van der Waals surface area (Å²) in [6.07, 6.45) is 0. The van der Waals surface area contributed by atoms with Gasteiger partial charge in [-0.05, 0) is 6.92 Å². The molecule has 1 fully saturated rings. The number of nitrogens with one attached hydrogen (secondary N) is 1. The van der Waals surface area contributed by atoms with Crippen LogP contribution in [0.4, 0.5) is 0 Å². The highest BCUT2D eigenvalue weighted by Gasteiger charge is 2.08. The molecule has 1 aliphatic rings. The van der Waals surface area contributed by atoms with Gasteiger partial charge >= 0.3 is 0 Å². The minimum atomic E-state index is 0.563. The van der Waals surface area contributed by atoms with Crippen molar-refractivity contribution in [1.29, 1.82) is 0 Å². The van der Waals surface area contributed by atoms with E-state index in [1.807, 2.05) is 5.48 Å². The zero-order chi connectivity index (χ0) is 9.52. The molecule has 1 aliphatic heterocycles. The maximum Gasteiger partial charge on any atom is 0.117 e. The summed E-state index contributed by atoms with van der Waals surface area (Å²) in [6.45, 7) is 7.01. The number of rotatable bonds is 3. The van der Waals surface area contributed by atoms with Crippen LogP contribution in [0.15, 0.2) is 4.99 Å². The van der Waals surface area contributed by atoms with Gasteiger partial charge in [-0.1, -0.05) is 0 Å². The number of morpholine rings is 1. The summed E-state index contributed by atoms with van der Waals surface area (Å²) in [5.74, 6) is 0.563. The van der Waals surface area contributed by atoms with Crippen LogP contribution in [-0.2, 0) is 4.74 Å². The first-order valence-electron chi connectivity index (χ1n) is 4.54. The van der Waals surface area contributed by atoms with Crippen molar-refractivity contribution < 1.29 is 9.94 Å². The fraction of sp³-hybridized carbons (Fsp3) is 0.875. The van der Waals surface area contributed by atoms with Crippen molar-refractivity contribution in [2.75, 3.05) is 39.4 Å². The third kappa shape index (κ3) is 4.21. The first-order valence-corrected chi connectivity index (χ1v) is 4.54. The highest BCUT2D eigenvalue weighted by atomic mass is 16.5. The largest absolute Gasteiger partial charge is 0.379 e. The highest BCUT2D eigenvalue weighted by Crippen LogP contribution is 1.95. The molecule has 5 nitrogen and oxygen atoms in total. The zero-order valence-electron chi connectivity index (χ0n) is 7.99. The Balaban J connectivity index is 2.10. The van der Waals surface area contributed by atoms with Crippen LogP contribution in [0.25, 0.3) is 0 Å². The van der Waals surface area contributed by atoms with Crippen molar-refractivity contribution in [2.45, 2.75) is 6.92 Å². The number of hydrogen-bond donors (Lipinski definition) is 2. The second-order valence-corrected chi connectivity index (χ2v) is 3.03. The van der Waals surface area contributed by atoms with E-state index in [9.17, 15) is 0 Å². The van der Waals surface area contributed by atoms with Gasteiger partial charge in [0.1, 0.15) is 5.84 Å². The number of hydroxylamine groups is 1. The predicted octanol–water partition coefficient (Wildman–Crippen LogP) is -0.284. The summed E-state index contributed by atoms with van der Waals surface area (Å²) in [4.78, 5) is 6.41. The van der Waals surface area contributed by atoms with Crippen molar-refractivity contribution in [3.63, 3.8) is 0 Å². The summed E-state index contributed by atoms with van der Waals surface area (Å²) >= 11 is 0. The van der Waals surface area contributed by atoms with E-state index in [4.69, 9.17) is 9.94 Å². The molecule has 0 aromatic heterocycles. The van der Waals surface area contributed by atoms with Gasteiger partial charge in [-0.3, -0.25) is 20.6 Å². The molecule has 2 N–H and O–H groups in total. The number of ether oxygens (including phenoxy) is 1. The lowest BCUT2D eigenvalue weighted by Gasteiger charge is -2.25. The van der Waals surface area contributed by atoms with Gasteiger partial charge in [0.2, 0.25) is 0 Å². The van der Waals surface area contributed by atoms with E-state index in [0.717, 1.165) is 39.4 Å². The molecule has 1 rings (SSSR count). The number of hydrogen-bond acceptors (Lipinski definition) is 4. The fourth-order valence-corrected chi connectivity index (χ4v) is 1.22. The minimum Gasteiger partial charge on any atom is -0.379 e. The first-order chi connectivity index (χ1) is 6.33. The standard InChI is InChI=1S/C8H17N3O2/c1-8(10-12)9-2-3-11-4-6-13-7-5-11/h12H,2-7H2,1H3,(H,9,10). The van der Waals surface area contributed by atoms with Crippen LogP contribution in [0.5, 0.6) is 0 Å². The van der Waals surface area contributed by atoms with Crippen molar-refractivity contribution >= 4 is 5.84 Å². The van der Waals surface area contributed by atoms with E-state index in [1.54, 1.807) is 6.92 Å². The first kappa shape index (κ1) is 10.4. The van der Waals surface area contributed by atoms with Crippen LogP contribution in [0.2, 0.25) is 0 Å². The smallest absolute Gasteiger partial charge is 0.117 e. The van der Waals surface area contributed by atoms with Crippen LogP contribution in [-0.4, -0.2) is 55.3 Å². The van der Waals surface area contributed by atoms with Crippen LogP contribution in [0, 0.1) is 0 Å². The van der Waals surface area contributed by atoms with E-state index in [-0.39, 0.29) is 0 Å². The van der Waals surface area contributed by atoms with Gasteiger partial charge in [-0.2, -0.15) is 0 Å². The molecule has 5 heteroatoms. The van der Waals surface area contributed by atoms with E-state index in [2.05, 4.69) is 9.89 Å². The van der Waals surface area contributed by atoms with E-state index in [0.29, 0.717) is 5.84 Å². The average molecular weight is 187 g/mol. The SMILES string of the molecule is CC(=NCCN1CCOCC1)NO. The van der Waals surface area contributed by atoms with Gasteiger partial charge < -0.3 is 4.74 Å². The fourth-order valence-electron chi connectivity index (χ4n) is 1.22. The molecular formula is C8H17N3O2. The molecule has 0 radical (unpaired) electrons. The quantitative estimate of drug-likeness (QED) is 0.362. The minimum absolute atomic E-state index is 0.563. The Kier molecular flexibility index (Phi) is 4.74. The lowest BCUT2D eigenvalue weighted by Crippen LogP contribution is -2.37. The number of amidine groups is 1. The van der Waals surface area contributed by atoms with Gasteiger partial charge in [0.05, 0.1) is 19.8 Å². The summed E-state index contributed by atoms with van der Waals surface area (Å²) in [6, 6.07) is 0. The lowest BCUT2D eigenvalue weighted by molar-refractivity contribution is 0.0394. The molecule has 1 heterocycles. The van der Waals surface area contributed by atoms with Gasteiger partial charge in [0, 0.05) is 19.6 Å². The number of nitrogens with zero attached hydrogens (tertiary/aromatic N) is 2. The monoisotopic (exact) mass is 187 g/mol. The zero-order valence-corrected chi connectivity index (χ0v) is 7.99. The maximum absolute atomic E-state index is 8.46. The molecule has 0 spiro atoms. The van der Waals surface area contributed by atoms with Crippen LogP contribution >= 0.6 is 0 Å². The summed E-state index contributed by atoms with van der Waals surface area (Å²) in [5.41, 5.74) is 2.01. The third-order valence-corrected chi connectivity index (χ3v) is 2.03. The van der Waals surface area contributed by atoms with Crippen molar-refractivity contribution in [1.82, 2.24) is 10.4 Å². The lowest BCUT2D eigenvalue weighted by atomic mass is 10.4. The molecule has 0 atom stereocenters. The predicted molar refractivity (Wildman–Crippen MR) is 50.2 cm³/mol. The van der Waals surface area contributed by atoms with E-state index in [1.165, 1.54) is 0 Å². The van der Waals surface area contributed by atoms with Crippen molar-refractivity contribution in [3.8, 4) is 0 Å². The molecule has 0 amide bonds. The normalized spacial score (nSPS) is 20.3. The van der Waals surface area contributed by atoms with Crippen molar-refractivity contribution in [3.05, 3.63) is 0 Å². The maximum atomic E-state index is 8.46. The summed E-state index contributed by atoms with van der Waals surface area (Å²) in [7, 11) is 0. The Hall–Kier alpha value is -0.650. The van der Waals surface area contributed by atoms with Gasteiger partial charge in [-0.15, -0.1) is 0 Å². The molecule has 0 bridgehead atoms. The summed E-state index contributed by atoms with van der Waals surface area (Å²) < 4.78 is 5.22. The van der Waals surface area contributed by atoms with Gasteiger partial charge in [-0.25, -0.2) is 0 Å². The topological polar surface area (TPSA) is 57.1 Å². The van der Waals surface area contributed by atoms with Gasteiger partial charge in [0.25, 0.3) is 0 Å². The Morgan fingerprint density at radius 3 is 2.85 bits per heavy atom. The highest BCUT2D eigenvalue weighted by molar-refractivity contribution is 5.78. The Bertz CT molecular complexity index is 167. The Morgan fingerprint density at radius 2 is 2.23 bits per heavy atom. The Morgan fingerprint density at radius 1 is 1.54 bits per heavy atom. The molecule has 1 saturated heterocycles. The third-order valence-electron chi connectivity index (χ3n) is 2.03. The second-order valence-electron chi connectivity index (χ2n) is 3.03. The second kappa shape index (κ2) is 5.90. The molecule has 0 saturated carbocycles. The molecule has 0 aromatic rings. The van der Waals surface area contributed by atoms with Crippen molar-refractivity contribution in [2.24, 2.45) is 4.99 Å².